The van der Waals surface area contributed by atoms with Crippen molar-refractivity contribution in [2.45, 2.75) is 32.0 Å². The lowest BCUT2D eigenvalue weighted by Gasteiger charge is -2.20. The third kappa shape index (κ3) is 4.15. The molecule has 1 atom stereocenters. The van der Waals surface area contributed by atoms with Crippen LogP contribution in [0.25, 0.3) is 28.1 Å². The molecular weight excluding hydrogens is 435 g/mol. The lowest BCUT2D eigenvalue weighted by molar-refractivity contribution is -0.198. The molecule has 4 aromatic rings. The third-order valence-corrected chi connectivity index (χ3v) is 5.69. The maximum Gasteiger partial charge on any atom is 0.416 e. The van der Waals surface area contributed by atoms with Crippen LogP contribution in [0.15, 0.2) is 36.4 Å². The molecule has 0 spiro atoms. The SMILES string of the molecule is Cc1nc2ccccc2nc1-c1cc2nc(N3CCCC3)cc(NC[C@@H](O)C(F)(F)F)n2n1. The van der Waals surface area contributed by atoms with Gasteiger partial charge in [0.1, 0.15) is 23.0 Å². The number of hydrogen-bond acceptors (Lipinski definition) is 7. The summed E-state index contributed by atoms with van der Waals surface area (Å²) in [4.78, 5) is 16.1. The number of para-hydroxylation sites is 2. The van der Waals surface area contributed by atoms with E-state index in [1.165, 1.54) is 4.52 Å². The molecule has 0 radical (unpaired) electrons. The molecule has 0 unspecified atom stereocenters. The van der Waals surface area contributed by atoms with Gasteiger partial charge in [-0.2, -0.15) is 22.8 Å². The molecule has 0 amide bonds. The van der Waals surface area contributed by atoms with Crippen molar-refractivity contribution in [3.05, 3.63) is 42.1 Å². The minimum Gasteiger partial charge on any atom is -0.382 e. The fourth-order valence-electron chi connectivity index (χ4n) is 3.96. The Hall–Kier alpha value is -3.47. The fourth-order valence-corrected chi connectivity index (χ4v) is 3.96. The van der Waals surface area contributed by atoms with Gasteiger partial charge in [-0.15, -0.1) is 0 Å². The summed E-state index contributed by atoms with van der Waals surface area (Å²) in [5.74, 6) is 0.958. The van der Waals surface area contributed by atoms with Gasteiger partial charge in [0.15, 0.2) is 11.8 Å². The van der Waals surface area contributed by atoms with E-state index in [-0.39, 0.29) is 0 Å². The van der Waals surface area contributed by atoms with Crippen molar-refractivity contribution in [2.75, 3.05) is 29.9 Å². The second kappa shape index (κ2) is 8.14. The first-order chi connectivity index (χ1) is 15.8. The predicted octanol–water partition coefficient (Wildman–Crippen LogP) is 3.58. The summed E-state index contributed by atoms with van der Waals surface area (Å²) >= 11 is 0. The van der Waals surface area contributed by atoms with Gasteiger partial charge in [-0.25, -0.2) is 15.0 Å². The predicted molar refractivity (Wildman–Crippen MR) is 118 cm³/mol. The molecule has 3 aromatic heterocycles. The average molecular weight is 457 g/mol. The van der Waals surface area contributed by atoms with Crippen LogP contribution in [0, 0.1) is 6.92 Å². The number of hydrogen-bond donors (Lipinski definition) is 2. The summed E-state index contributed by atoms with van der Waals surface area (Å²) in [5, 5.41) is 16.7. The summed E-state index contributed by atoms with van der Waals surface area (Å²) in [7, 11) is 0. The van der Waals surface area contributed by atoms with Crippen LogP contribution in [0.1, 0.15) is 18.5 Å². The van der Waals surface area contributed by atoms with Crippen molar-refractivity contribution >= 4 is 28.3 Å². The molecule has 1 fully saturated rings. The van der Waals surface area contributed by atoms with Crippen molar-refractivity contribution in [1.29, 1.82) is 0 Å². The number of anilines is 2. The molecule has 1 aromatic carbocycles. The van der Waals surface area contributed by atoms with Crippen LogP contribution in [0.4, 0.5) is 24.8 Å². The number of aryl methyl sites for hydroxylation is 1. The fraction of sp³-hybridized carbons (Fsp3) is 0.364. The van der Waals surface area contributed by atoms with Gasteiger partial charge >= 0.3 is 6.18 Å². The molecule has 172 valence electrons. The van der Waals surface area contributed by atoms with Gasteiger partial charge in [-0.3, -0.25) is 0 Å². The highest BCUT2D eigenvalue weighted by Gasteiger charge is 2.38. The number of halogens is 3. The molecule has 0 aliphatic carbocycles. The summed E-state index contributed by atoms with van der Waals surface area (Å²) < 4.78 is 40.0. The number of rotatable bonds is 5. The standard InChI is InChI=1S/C22H22F3N7O/c1-13-21(28-15-7-3-2-6-14(15)27-13)16-10-20-29-19(31-8-4-5-9-31)11-18(32(20)30-16)26-12-17(33)22(23,24)25/h2-3,6-7,10-11,17,26,33H,4-5,8-9,12H2,1H3/t17-/m1/s1. The van der Waals surface area contributed by atoms with E-state index in [1.54, 1.807) is 12.1 Å². The van der Waals surface area contributed by atoms with Crippen molar-refractivity contribution in [3.8, 4) is 11.4 Å². The molecular formula is C22H22F3N7O. The minimum absolute atomic E-state index is 0.308. The summed E-state index contributed by atoms with van der Waals surface area (Å²) in [6.45, 7) is 2.78. The lowest BCUT2D eigenvalue weighted by atomic mass is 10.2. The van der Waals surface area contributed by atoms with Crippen LogP contribution in [-0.4, -0.2) is 61.6 Å². The van der Waals surface area contributed by atoms with Crippen LogP contribution >= 0.6 is 0 Å². The van der Waals surface area contributed by atoms with E-state index in [1.807, 2.05) is 31.2 Å². The highest BCUT2D eigenvalue weighted by Crippen LogP contribution is 2.28. The zero-order valence-electron chi connectivity index (χ0n) is 17.8. The number of aliphatic hydroxyl groups is 1. The highest BCUT2D eigenvalue weighted by atomic mass is 19.4. The quantitative estimate of drug-likeness (QED) is 0.473. The van der Waals surface area contributed by atoms with Crippen LogP contribution in [-0.2, 0) is 0 Å². The molecule has 1 aliphatic heterocycles. The van der Waals surface area contributed by atoms with E-state index >= 15 is 0 Å². The van der Waals surface area contributed by atoms with Gasteiger partial charge in [-0.05, 0) is 31.9 Å². The smallest absolute Gasteiger partial charge is 0.382 e. The van der Waals surface area contributed by atoms with E-state index in [2.05, 4.69) is 25.3 Å². The Labute approximate surface area is 187 Å². The maximum absolute atomic E-state index is 12.8. The number of aliphatic hydroxyl groups excluding tert-OH is 1. The summed E-state index contributed by atoms with van der Waals surface area (Å²) in [5.41, 5.74) is 3.71. The Balaban J connectivity index is 1.59. The van der Waals surface area contributed by atoms with Crippen molar-refractivity contribution in [3.63, 3.8) is 0 Å². The van der Waals surface area contributed by atoms with Crippen LogP contribution in [0.2, 0.25) is 0 Å². The van der Waals surface area contributed by atoms with Crippen LogP contribution in [0.5, 0.6) is 0 Å². The number of benzene rings is 1. The molecule has 4 heterocycles. The second-order valence-corrected chi connectivity index (χ2v) is 8.08. The lowest BCUT2D eigenvalue weighted by Crippen LogP contribution is -2.35. The van der Waals surface area contributed by atoms with E-state index in [0.717, 1.165) is 31.4 Å². The molecule has 1 aliphatic rings. The molecule has 5 rings (SSSR count). The molecule has 1 saturated heterocycles. The molecule has 0 bridgehead atoms. The average Bonchev–Trinajstić information content (AvgIpc) is 3.46. The topological polar surface area (TPSA) is 91.5 Å². The molecule has 11 heteroatoms. The Kier molecular flexibility index (Phi) is 5.28. The third-order valence-electron chi connectivity index (χ3n) is 5.69. The maximum atomic E-state index is 12.8. The van der Waals surface area contributed by atoms with Gasteiger partial charge in [-0.1, -0.05) is 12.1 Å². The van der Waals surface area contributed by atoms with Crippen LogP contribution in [0.3, 0.4) is 0 Å². The Morgan fingerprint density at radius 2 is 1.76 bits per heavy atom. The second-order valence-electron chi connectivity index (χ2n) is 8.08. The van der Waals surface area contributed by atoms with Gasteiger partial charge in [0.25, 0.3) is 0 Å². The number of nitrogens with one attached hydrogen (secondary N) is 1. The minimum atomic E-state index is -4.72. The first-order valence-electron chi connectivity index (χ1n) is 10.7. The largest absolute Gasteiger partial charge is 0.416 e. The van der Waals surface area contributed by atoms with E-state index in [4.69, 9.17) is 4.98 Å². The van der Waals surface area contributed by atoms with E-state index in [0.29, 0.717) is 39.9 Å². The van der Waals surface area contributed by atoms with E-state index in [9.17, 15) is 18.3 Å². The van der Waals surface area contributed by atoms with Crippen molar-refractivity contribution in [2.24, 2.45) is 0 Å². The summed E-state index contributed by atoms with van der Waals surface area (Å²) in [6.07, 6.45) is -5.17. The zero-order valence-corrected chi connectivity index (χ0v) is 17.8. The molecule has 0 saturated carbocycles. The van der Waals surface area contributed by atoms with Gasteiger partial charge in [0.05, 0.1) is 23.3 Å². The highest BCUT2D eigenvalue weighted by molar-refractivity contribution is 5.78. The number of aromatic nitrogens is 5. The Morgan fingerprint density at radius 3 is 2.45 bits per heavy atom. The van der Waals surface area contributed by atoms with E-state index < -0.39 is 18.8 Å². The Bertz CT molecular complexity index is 1310. The van der Waals surface area contributed by atoms with Crippen molar-refractivity contribution < 1.29 is 18.3 Å². The van der Waals surface area contributed by atoms with Gasteiger partial charge in [0, 0.05) is 25.2 Å². The Morgan fingerprint density at radius 1 is 1.06 bits per heavy atom. The molecule has 2 N–H and O–H groups in total. The first-order valence-corrected chi connectivity index (χ1v) is 10.7. The molecule has 33 heavy (non-hydrogen) atoms. The zero-order chi connectivity index (χ0) is 23.2. The number of alkyl halides is 3. The summed E-state index contributed by atoms with van der Waals surface area (Å²) in [6, 6.07) is 10.9. The van der Waals surface area contributed by atoms with Gasteiger partial charge < -0.3 is 15.3 Å². The van der Waals surface area contributed by atoms with Crippen LogP contribution < -0.4 is 10.2 Å². The van der Waals surface area contributed by atoms with Gasteiger partial charge in [0.2, 0.25) is 0 Å². The van der Waals surface area contributed by atoms with Crippen molar-refractivity contribution in [1.82, 2.24) is 24.6 Å². The normalized spacial score (nSPS) is 15.5. The number of nitrogens with zero attached hydrogens (tertiary/aromatic N) is 6. The molecule has 8 nitrogen and oxygen atoms in total. The first kappa shape index (κ1) is 21.4. The number of fused-ring (bicyclic) bond motifs is 2. The monoisotopic (exact) mass is 457 g/mol.